The molecule has 28 heavy (non-hydrogen) atoms. The number of hydrogen-bond acceptors (Lipinski definition) is 3. The Morgan fingerprint density at radius 2 is 1.21 bits per heavy atom. The SMILES string of the molecule is CC[N+](C(=O)COC(=O)Cc1ccccc1)(c1ccccc1)c1ccccc1. The first kappa shape index (κ1) is 19.5. The lowest BCUT2D eigenvalue weighted by molar-refractivity contribution is -0.150. The average molecular weight is 374 g/mol. The van der Waals surface area contributed by atoms with Crippen molar-refractivity contribution in [2.75, 3.05) is 13.2 Å². The highest BCUT2D eigenvalue weighted by Gasteiger charge is 2.40. The van der Waals surface area contributed by atoms with E-state index in [1.165, 1.54) is 0 Å². The smallest absolute Gasteiger partial charge is 0.361 e. The number of para-hydroxylation sites is 2. The van der Waals surface area contributed by atoms with E-state index in [0.29, 0.717) is 6.54 Å². The monoisotopic (exact) mass is 374 g/mol. The molecule has 0 N–H and O–H groups in total. The zero-order valence-corrected chi connectivity index (χ0v) is 16.0. The van der Waals surface area contributed by atoms with E-state index in [0.717, 1.165) is 16.9 Å². The quantitative estimate of drug-likeness (QED) is 0.446. The number of rotatable bonds is 7. The molecule has 0 aromatic heterocycles. The Kier molecular flexibility index (Phi) is 6.35. The molecule has 0 unspecified atom stereocenters. The van der Waals surface area contributed by atoms with Crippen LogP contribution in [-0.2, 0) is 20.7 Å². The Labute approximate surface area is 165 Å². The van der Waals surface area contributed by atoms with Crippen molar-refractivity contribution in [1.29, 1.82) is 0 Å². The fraction of sp³-hybridized carbons (Fsp3) is 0.167. The summed E-state index contributed by atoms with van der Waals surface area (Å²) >= 11 is 0. The number of carbonyl (C=O) groups is 2. The number of ether oxygens (including phenoxy) is 1. The summed E-state index contributed by atoms with van der Waals surface area (Å²) in [6.07, 6.45) is 0.150. The number of likely N-dealkylation sites (N-methyl/N-ethyl adjacent to an activating group) is 1. The van der Waals surface area contributed by atoms with Gasteiger partial charge in [0.15, 0.2) is 0 Å². The maximum absolute atomic E-state index is 13.3. The third-order valence-corrected chi connectivity index (χ3v) is 4.84. The lowest BCUT2D eigenvalue weighted by Gasteiger charge is -2.33. The Morgan fingerprint density at radius 3 is 1.68 bits per heavy atom. The van der Waals surface area contributed by atoms with Crippen molar-refractivity contribution in [3.63, 3.8) is 0 Å². The van der Waals surface area contributed by atoms with Crippen LogP contribution in [0.15, 0.2) is 91.0 Å². The minimum atomic E-state index is -0.408. The van der Waals surface area contributed by atoms with Crippen molar-refractivity contribution >= 4 is 23.3 Å². The van der Waals surface area contributed by atoms with Gasteiger partial charge in [-0.3, -0.25) is 4.79 Å². The number of amides is 1. The zero-order chi connectivity index (χ0) is 19.8. The van der Waals surface area contributed by atoms with Crippen molar-refractivity contribution in [3.05, 3.63) is 96.6 Å². The maximum atomic E-state index is 13.3. The van der Waals surface area contributed by atoms with E-state index in [9.17, 15) is 9.59 Å². The molecule has 0 aliphatic rings. The van der Waals surface area contributed by atoms with Crippen LogP contribution in [0.5, 0.6) is 0 Å². The summed E-state index contributed by atoms with van der Waals surface area (Å²) in [4.78, 5) is 25.6. The first-order valence-corrected chi connectivity index (χ1v) is 9.39. The van der Waals surface area contributed by atoms with Gasteiger partial charge in [0, 0.05) is 24.3 Å². The van der Waals surface area contributed by atoms with E-state index in [-0.39, 0.29) is 23.4 Å². The van der Waals surface area contributed by atoms with E-state index in [1.54, 1.807) is 0 Å². The fourth-order valence-electron chi connectivity index (χ4n) is 3.41. The number of benzene rings is 3. The molecule has 0 radical (unpaired) electrons. The number of carbonyl (C=O) groups excluding carboxylic acids is 2. The van der Waals surface area contributed by atoms with E-state index in [2.05, 4.69) is 0 Å². The molecule has 1 amide bonds. The van der Waals surface area contributed by atoms with Crippen molar-refractivity contribution in [2.24, 2.45) is 0 Å². The highest BCUT2D eigenvalue weighted by molar-refractivity contribution is 5.96. The van der Waals surface area contributed by atoms with E-state index < -0.39 is 5.97 Å². The van der Waals surface area contributed by atoms with Crippen LogP contribution in [0.2, 0.25) is 0 Å². The zero-order valence-electron chi connectivity index (χ0n) is 16.0. The highest BCUT2D eigenvalue weighted by atomic mass is 16.5. The lowest BCUT2D eigenvalue weighted by Crippen LogP contribution is -2.51. The van der Waals surface area contributed by atoms with Gasteiger partial charge in [0.1, 0.15) is 11.4 Å². The van der Waals surface area contributed by atoms with Crippen molar-refractivity contribution in [3.8, 4) is 0 Å². The minimum Gasteiger partial charge on any atom is -0.451 e. The average Bonchev–Trinajstić information content (AvgIpc) is 2.75. The van der Waals surface area contributed by atoms with Gasteiger partial charge in [-0.1, -0.05) is 66.7 Å². The van der Waals surface area contributed by atoms with Gasteiger partial charge in [0.05, 0.1) is 13.0 Å². The highest BCUT2D eigenvalue weighted by Crippen LogP contribution is 2.34. The molecule has 0 heterocycles. The number of nitrogens with zero attached hydrogens (tertiary/aromatic N) is 1. The van der Waals surface area contributed by atoms with Crippen LogP contribution >= 0.6 is 0 Å². The van der Waals surface area contributed by atoms with Gasteiger partial charge < -0.3 is 4.74 Å². The van der Waals surface area contributed by atoms with Gasteiger partial charge in [0.25, 0.3) is 0 Å². The van der Waals surface area contributed by atoms with Crippen molar-refractivity contribution < 1.29 is 14.3 Å². The van der Waals surface area contributed by atoms with Crippen LogP contribution in [0.4, 0.5) is 11.4 Å². The largest absolute Gasteiger partial charge is 0.451 e. The molecular formula is C24H24NO3+. The maximum Gasteiger partial charge on any atom is 0.361 e. The summed E-state index contributed by atoms with van der Waals surface area (Å²) in [6.45, 7) is 2.20. The molecule has 0 saturated carbocycles. The minimum absolute atomic E-state index is 0.000295. The molecule has 0 atom stereocenters. The Hall–Kier alpha value is -3.24. The van der Waals surface area contributed by atoms with Crippen LogP contribution in [0.25, 0.3) is 0 Å². The second kappa shape index (κ2) is 9.11. The van der Waals surface area contributed by atoms with Crippen LogP contribution in [0.1, 0.15) is 12.5 Å². The number of esters is 1. The van der Waals surface area contributed by atoms with Gasteiger partial charge in [-0.2, -0.15) is 4.48 Å². The third kappa shape index (κ3) is 4.18. The van der Waals surface area contributed by atoms with Gasteiger partial charge in [-0.15, -0.1) is 0 Å². The first-order valence-electron chi connectivity index (χ1n) is 9.39. The normalized spacial score (nSPS) is 11.0. The van der Waals surface area contributed by atoms with Gasteiger partial charge in [0.2, 0.25) is 6.61 Å². The summed E-state index contributed by atoms with van der Waals surface area (Å²) in [7, 11) is 0. The van der Waals surface area contributed by atoms with Crippen LogP contribution in [0.3, 0.4) is 0 Å². The van der Waals surface area contributed by atoms with E-state index >= 15 is 0 Å². The molecule has 4 heteroatoms. The van der Waals surface area contributed by atoms with Crippen LogP contribution in [0, 0.1) is 0 Å². The summed E-state index contributed by atoms with van der Waals surface area (Å²) in [5.74, 6) is -0.587. The molecule has 0 aliphatic heterocycles. The summed E-state index contributed by atoms with van der Waals surface area (Å²) in [5, 5.41) is 0. The van der Waals surface area contributed by atoms with Crippen molar-refractivity contribution in [2.45, 2.75) is 13.3 Å². The fourth-order valence-corrected chi connectivity index (χ4v) is 3.41. The molecule has 142 valence electrons. The first-order chi connectivity index (χ1) is 13.7. The Morgan fingerprint density at radius 1 is 0.750 bits per heavy atom. The lowest BCUT2D eigenvalue weighted by atomic mass is 10.1. The predicted octanol–water partition coefficient (Wildman–Crippen LogP) is 4.66. The molecule has 0 saturated heterocycles. The topological polar surface area (TPSA) is 43.4 Å². The molecule has 4 nitrogen and oxygen atoms in total. The third-order valence-electron chi connectivity index (χ3n) is 4.84. The standard InChI is InChI=1S/C24H24NO3/c1-2-25(21-14-8-4-9-15-21,22-16-10-5-11-17-22)23(26)19-28-24(27)18-20-12-6-3-7-13-20/h3-17H,2,18-19H2,1H3/q+1. The molecule has 0 fully saturated rings. The second-order valence-electron chi connectivity index (χ2n) is 6.51. The number of hydrogen-bond donors (Lipinski definition) is 0. The molecule has 0 spiro atoms. The van der Waals surface area contributed by atoms with E-state index in [1.807, 2.05) is 97.9 Å². The molecule has 0 bridgehead atoms. The van der Waals surface area contributed by atoms with Gasteiger partial charge in [-0.25, -0.2) is 4.79 Å². The summed E-state index contributed by atoms with van der Waals surface area (Å²) in [5.41, 5.74) is 2.56. The molecule has 3 aromatic carbocycles. The molecular weight excluding hydrogens is 350 g/mol. The molecule has 3 rings (SSSR count). The second-order valence-corrected chi connectivity index (χ2v) is 6.51. The summed E-state index contributed by atoms with van der Waals surface area (Å²) in [6, 6.07) is 28.6. The van der Waals surface area contributed by atoms with Crippen molar-refractivity contribution in [1.82, 2.24) is 4.48 Å². The van der Waals surface area contributed by atoms with Gasteiger partial charge >= 0.3 is 11.9 Å². The van der Waals surface area contributed by atoms with E-state index in [4.69, 9.17) is 4.74 Å². The summed E-state index contributed by atoms with van der Waals surface area (Å²) < 4.78 is 5.35. The van der Waals surface area contributed by atoms with Crippen LogP contribution < -0.4 is 4.48 Å². The Balaban J connectivity index is 1.82. The Bertz CT molecular complexity index is 869. The molecule has 3 aromatic rings. The number of quaternary nitrogens is 1. The van der Waals surface area contributed by atoms with Gasteiger partial charge in [-0.05, 0) is 12.5 Å². The molecule has 0 aliphatic carbocycles. The predicted molar refractivity (Wildman–Crippen MR) is 111 cm³/mol. The van der Waals surface area contributed by atoms with Crippen LogP contribution in [-0.4, -0.2) is 25.0 Å².